The summed E-state index contributed by atoms with van der Waals surface area (Å²) in [5, 5.41) is 38.2. The summed E-state index contributed by atoms with van der Waals surface area (Å²) in [5.74, 6) is 4.31. The monoisotopic (exact) mass is 2170 g/mol. The van der Waals surface area contributed by atoms with Crippen molar-refractivity contribution in [2.75, 3.05) is 58.9 Å². The van der Waals surface area contributed by atoms with Crippen molar-refractivity contribution in [2.24, 2.45) is 11.8 Å². The molecule has 30 heteroatoms. The average molecular weight is 2170 g/mol. The van der Waals surface area contributed by atoms with Gasteiger partial charge in [-0.1, -0.05) is 254 Å². The molecule has 0 bridgehead atoms. The Kier molecular flexibility index (Phi) is 38.3. The normalized spacial score (nSPS) is 16.1. The number of likely N-dealkylation sites (tertiary alicyclic amines) is 2. The van der Waals surface area contributed by atoms with Crippen molar-refractivity contribution in [3.63, 3.8) is 0 Å². The van der Waals surface area contributed by atoms with E-state index in [2.05, 4.69) is 234 Å². The molecule has 778 valence electrons. The number of carbonyl (C=O) groups is 1. The number of pyridine rings is 4. The van der Waals surface area contributed by atoms with Crippen LogP contribution in [0.3, 0.4) is 0 Å². The van der Waals surface area contributed by atoms with Crippen molar-refractivity contribution in [3.8, 4) is 23.0 Å². The number of ketones is 1. The fraction of sp³-hybridized carbons (Fsp3) is 0.325. The zero-order valence-corrected chi connectivity index (χ0v) is 92.0. The lowest BCUT2D eigenvalue weighted by Crippen LogP contribution is -2.48. The molecule has 3 saturated heterocycles. The minimum absolute atomic E-state index is 0.251. The molecule has 1 aliphatic carbocycles. The SMILES string of the molecule is CC(Oc1ccc2[nH]nc(/C=C/c3ccc(CN4CCN(C(C)C)CC4)cc3)c2c1)c1c(Cl)cncc1Cl.CC1CCN(Cc2ccc(/C=C/c3n[nH]c4ccc(OC(C)c5c(Cl)cncc5Cl)cc34)cc2)C1.CCC(=O)C1CCN(Cc2ccc(/C=C/c3n[nH]c4ccc(OC(C)c5c(Cl)cncc5Cl)cc34)cc2)CC1.CCN(Cc1ccc(/C=C/c2n[nH]c3ccc(OC(C)c4c(Cl)cncc4Cl)cc23)cc1)C1CCCCC1. The molecule has 8 aromatic carbocycles. The van der Waals surface area contributed by atoms with Gasteiger partial charge in [-0.3, -0.25) is 69.6 Å². The Labute approximate surface area is 918 Å². The molecule has 1 saturated carbocycles. The molecule has 0 radical (unpaired) electrons. The highest BCUT2D eigenvalue weighted by Crippen LogP contribution is 2.41. The van der Waals surface area contributed by atoms with Crippen molar-refractivity contribution in [1.29, 1.82) is 0 Å². The molecule has 11 heterocycles. The molecule has 22 nitrogen and oxygen atoms in total. The van der Waals surface area contributed by atoms with Gasteiger partial charge in [0.15, 0.2) is 0 Å². The lowest BCUT2D eigenvalue weighted by Gasteiger charge is -2.36. The Hall–Kier alpha value is -11.8. The molecular formula is C120H127Cl8N17O5. The molecule has 5 unspecified atom stereocenters. The van der Waals surface area contributed by atoms with E-state index in [1.165, 1.54) is 73.9 Å². The summed E-state index contributed by atoms with van der Waals surface area (Å²) < 4.78 is 24.7. The van der Waals surface area contributed by atoms with Crippen molar-refractivity contribution in [2.45, 2.75) is 183 Å². The number of nitrogens with zero attached hydrogens (tertiary/aromatic N) is 13. The van der Waals surface area contributed by atoms with E-state index in [4.69, 9.17) is 112 Å². The third kappa shape index (κ3) is 29.0. The van der Waals surface area contributed by atoms with Gasteiger partial charge in [0.25, 0.3) is 0 Å². The summed E-state index contributed by atoms with van der Waals surface area (Å²) in [4.78, 5) is 40.7. The van der Waals surface area contributed by atoms with Crippen LogP contribution in [0.5, 0.6) is 23.0 Å². The van der Waals surface area contributed by atoms with Crippen molar-refractivity contribution in [1.82, 2.24) is 85.2 Å². The minimum Gasteiger partial charge on any atom is -0.486 e. The summed E-state index contributed by atoms with van der Waals surface area (Å²) in [6.07, 6.45) is 38.4. The lowest BCUT2D eigenvalue weighted by atomic mass is 9.91. The number of benzene rings is 8. The van der Waals surface area contributed by atoms with Gasteiger partial charge in [0.2, 0.25) is 0 Å². The minimum atomic E-state index is -0.347. The van der Waals surface area contributed by atoms with Gasteiger partial charge in [0.1, 0.15) is 53.2 Å². The number of carbonyl (C=O) groups excluding carboxylic acids is 1. The molecule has 20 rings (SSSR count). The molecule has 8 aromatic heterocycles. The van der Waals surface area contributed by atoms with E-state index in [0.29, 0.717) is 87.0 Å². The number of hydrogen-bond donors (Lipinski definition) is 4. The Morgan fingerprint density at radius 2 is 0.653 bits per heavy atom. The first-order chi connectivity index (χ1) is 72.7. The van der Waals surface area contributed by atoms with Crippen LogP contribution >= 0.6 is 92.8 Å². The van der Waals surface area contributed by atoms with Gasteiger partial charge in [-0.2, -0.15) is 20.4 Å². The van der Waals surface area contributed by atoms with Crippen LogP contribution in [-0.2, 0) is 31.0 Å². The van der Waals surface area contributed by atoms with E-state index in [1.807, 2.05) is 132 Å². The fourth-order valence-corrected chi connectivity index (χ4v) is 22.7. The van der Waals surface area contributed by atoms with Crippen LogP contribution in [0, 0.1) is 11.8 Å². The Bertz CT molecular complexity index is 7280. The van der Waals surface area contributed by atoms with Gasteiger partial charge in [-0.15, -0.1) is 0 Å². The summed E-state index contributed by atoms with van der Waals surface area (Å²) in [5.41, 5.74) is 19.9. The van der Waals surface area contributed by atoms with E-state index >= 15 is 0 Å². The second-order valence-electron chi connectivity index (χ2n) is 39.4. The molecule has 3 aliphatic heterocycles. The van der Waals surface area contributed by atoms with Crippen molar-refractivity contribution in [3.05, 3.63) is 349 Å². The second kappa shape index (κ2) is 52.5. The maximum absolute atomic E-state index is 12.0. The van der Waals surface area contributed by atoms with Crippen LogP contribution < -0.4 is 18.9 Å². The summed E-state index contributed by atoms with van der Waals surface area (Å²) >= 11 is 50.5. The summed E-state index contributed by atoms with van der Waals surface area (Å²) in [6, 6.07) is 59.8. The first kappa shape index (κ1) is 109. The maximum atomic E-state index is 12.0. The van der Waals surface area contributed by atoms with Crippen LogP contribution in [0.1, 0.15) is 234 Å². The number of fused-ring (bicyclic) bond motifs is 4. The average Bonchev–Trinajstić information content (AvgIpc) is 1.65. The third-order valence-corrected chi connectivity index (χ3v) is 30.9. The highest BCUT2D eigenvalue weighted by molar-refractivity contribution is 6.37. The largest absolute Gasteiger partial charge is 0.486 e. The van der Waals surface area contributed by atoms with Gasteiger partial charge in [0, 0.05) is 177 Å². The Morgan fingerprint density at radius 1 is 0.360 bits per heavy atom. The second-order valence-corrected chi connectivity index (χ2v) is 42.7. The number of piperazine rings is 1. The van der Waals surface area contributed by atoms with Crippen molar-refractivity contribution >= 4 is 191 Å². The van der Waals surface area contributed by atoms with Crippen LogP contribution in [0.4, 0.5) is 0 Å². The lowest BCUT2D eigenvalue weighted by molar-refractivity contribution is -0.124. The topological polar surface area (TPSA) is 236 Å². The van der Waals surface area contributed by atoms with E-state index in [0.717, 1.165) is 202 Å². The van der Waals surface area contributed by atoms with Gasteiger partial charge in [-0.05, 0) is 247 Å². The highest BCUT2D eigenvalue weighted by atomic mass is 35.5. The number of hydrogen-bond acceptors (Lipinski definition) is 18. The van der Waals surface area contributed by atoms with Crippen LogP contribution in [-0.4, -0.2) is 162 Å². The number of halogens is 8. The quantitative estimate of drug-likeness (QED) is 0.0299. The standard InChI is InChI=1S/C31H32Cl2N4O2.C31H34Cl2N4O.C30H33Cl2N5O.C28H28Cl2N4O/c1-3-30(38)23-12-14-37(15-13-23)19-22-6-4-21(5-7-22)8-10-28-25-16-24(9-11-29(25)36-35-28)39-20(2)31-26(32)17-34-18-27(31)33;1-3-37(24-7-5-4-6-8-24)20-23-11-9-22(10-12-23)13-15-29-26-17-25(14-16-30(26)36-35-29)38-21(2)31-27(32)18-34-19-28(31)33;1-20(2)37-14-12-36(13-15-37)19-23-6-4-22(5-7-23)8-10-28-25-16-24(9-11-29(25)35-34-28)38-21(3)30-26(31)17-33-18-27(30)32;1-18-11-12-34(16-18)17-21-5-3-20(4-6-21)7-9-26-23-13-22(8-10-27(23)33-32-26)35-19(2)28-24(29)14-31-15-25(28)30/h4-11,16-18,20,23H,3,12-15,19H2,1-2H3,(H,35,36);9-19,21,24H,3-8,20H2,1-2H3,(H,35,36);4-11,16-18,20-21H,12-15,19H2,1-3H3,(H,34,35);3-10,13-15,18-19H,11-12,16-17H2,1-2H3,(H,32,33)/b10-8+;15-13+;10-8+;9-7+. The number of nitrogens with one attached hydrogen (secondary N) is 4. The third-order valence-electron chi connectivity index (χ3n) is 28.5. The fourth-order valence-electron chi connectivity index (χ4n) is 20.0. The zero-order valence-electron chi connectivity index (χ0n) is 86.0. The first-order valence-electron chi connectivity index (χ1n) is 51.8. The predicted molar refractivity (Wildman–Crippen MR) is 616 cm³/mol. The molecule has 16 aromatic rings. The van der Waals surface area contributed by atoms with Gasteiger partial charge in [0.05, 0.1) is 85.0 Å². The number of H-pyrrole nitrogens is 4. The molecule has 4 aliphatic rings. The van der Waals surface area contributed by atoms with Crippen LogP contribution in [0.25, 0.3) is 92.2 Å². The summed E-state index contributed by atoms with van der Waals surface area (Å²) in [6.45, 7) is 32.7. The van der Waals surface area contributed by atoms with Crippen molar-refractivity contribution < 1.29 is 23.7 Å². The molecule has 0 spiro atoms. The van der Waals surface area contributed by atoms with E-state index in [1.54, 1.807) is 49.6 Å². The first-order valence-corrected chi connectivity index (χ1v) is 54.8. The Morgan fingerprint density at radius 3 is 0.940 bits per heavy atom. The maximum Gasteiger partial charge on any atom is 0.135 e. The number of ether oxygens (including phenoxy) is 4. The molecule has 5 atom stereocenters. The van der Waals surface area contributed by atoms with Gasteiger partial charge >= 0.3 is 0 Å². The predicted octanol–water partition coefficient (Wildman–Crippen LogP) is 31.0. The Balaban J connectivity index is 0.000000136. The number of Topliss-reactive ketones (excluding diaryl/α,β-unsaturated/α-hetero) is 1. The smallest absolute Gasteiger partial charge is 0.135 e. The van der Waals surface area contributed by atoms with E-state index < -0.39 is 0 Å². The van der Waals surface area contributed by atoms with Crippen LogP contribution in [0.15, 0.2) is 219 Å². The van der Waals surface area contributed by atoms with E-state index in [9.17, 15) is 4.79 Å². The number of rotatable bonds is 33. The number of aromatic amines is 4. The van der Waals surface area contributed by atoms with Crippen LogP contribution in [0.2, 0.25) is 40.2 Å². The van der Waals surface area contributed by atoms with E-state index in [-0.39, 0.29) is 30.3 Å². The highest BCUT2D eigenvalue weighted by Gasteiger charge is 2.29. The van der Waals surface area contributed by atoms with Gasteiger partial charge in [-0.25, -0.2) is 0 Å². The van der Waals surface area contributed by atoms with Gasteiger partial charge < -0.3 is 18.9 Å². The molecule has 4 fully saturated rings. The molecular weight excluding hydrogens is 2040 g/mol. The molecule has 0 amide bonds. The summed E-state index contributed by atoms with van der Waals surface area (Å²) in [7, 11) is 0. The number of piperidine rings is 1. The molecule has 150 heavy (non-hydrogen) atoms. The number of aromatic nitrogens is 12. The molecule has 4 N–H and O–H groups in total. The zero-order chi connectivity index (χ0) is 105.